The number of hydrogen-bond acceptors (Lipinski definition) is 3. The van der Waals surface area contributed by atoms with Crippen LogP contribution in [0.2, 0.25) is 0 Å². The lowest BCUT2D eigenvalue weighted by Gasteiger charge is -2.20. The monoisotopic (exact) mass is 249 g/mol. The number of benzene rings is 1. The van der Waals surface area contributed by atoms with Crippen molar-refractivity contribution in [1.29, 1.82) is 0 Å². The first kappa shape index (κ1) is 12.9. The van der Waals surface area contributed by atoms with E-state index in [0.29, 0.717) is 18.4 Å². The van der Waals surface area contributed by atoms with Gasteiger partial charge in [-0.2, -0.15) is 0 Å². The van der Waals surface area contributed by atoms with Crippen LogP contribution in [0.25, 0.3) is 0 Å². The molecule has 1 fully saturated rings. The van der Waals surface area contributed by atoms with Crippen LogP contribution in [0, 0.1) is 0 Å². The average molecular weight is 249 g/mol. The molecule has 0 aromatic heterocycles. The highest BCUT2D eigenvalue weighted by molar-refractivity contribution is 5.90. The van der Waals surface area contributed by atoms with E-state index in [9.17, 15) is 4.79 Å². The van der Waals surface area contributed by atoms with Gasteiger partial charge in [-0.15, -0.1) is 0 Å². The van der Waals surface area contributed by atoms with Gasteiger partial charge in [0, 0.05) is 12.6 Å². The Bertz CT molecular complexity index is 415. The molecule has 0 atom stereocenters. The van der Waals surface area contributed by atoms with Gasteiger partial charge in [-0.1, -0.05) is 19.1 Å². The summed E-state index contributed by atoms with van der Waals surface area (Å²) in [6, 6.07) is 7.49. The van der Waals surface area contributed by atoms with Gasteiger partial charge < -0.3 is 9.84 Å². The van der Waals surface area contributed by atoms with Crippen LogP contribution in [-0.2, 0) is 0 Å². The molecule has 1 aliphatic rings. The molecule has 1 N–H and O–H groups in total. The van der Waals surface area contributed by atoms with Crippen LogP contribution < -0.4 is 4.74 Å². The van der Waals surface area contributed by atoms with Crippen LogP contribution in [0.4, 0.5) is 0 Å². The highest BCUT2D eigenvalue weighted by Gasteiger charge is 2.27. The predicted octanol–water partition coefficient (Wildman–Crippen LogP) is 2.25. The van der Waals surface area contributed by atoms with Gasteiger partial charge in [0.1, 0.15) is 17.9 Å². The van der Waals surface area contributed by atoms with Gasteiger partial charge in [-0.05, 0) is 31.5 Å². The van der Waals surface area contributed by atoms with Gasteiger partial charge in [0.05, 0.1) is 0 Å². The van der Waals surface area contributed by atoms with Crippen molar-refractivity contribution in [3.8, 4) is 5.75 Å². The molecular weight excluding hydrogens is 230 g/mol. The first-order valence-corrected chi connectivity index (χ1v) is 6.41. The van der Waals surface area contributed by atoms with Crippen molar-refractivity contribution >= 4 is 5.97 Å². The zero-order valence-electron chi connectivity index (χ0n) is 10.6. The summed E-state index contributed by atoms with van der Waals surface area (Å²) in [5.41, 5.74) is 0.229. The fraction of sp³-hybridized carbons (Fsp3) is 0.500. The molecule has 98 valence electrons. The van der Waals surface area contributed by atoms with Gasteiger partial charge in [-0.3, -0.25) is 4.90 Å². The molecule has 2 rings (SSSR count). The number of likely N-dealkylation sites (N-methyl/N-ethyl adjacent to an activating group) is 1. The summed E-state index contributed by atoms with van der Waals surface area (Å²) in [4.78, 5) is 13.4. The molecule has 1 aliphatic carbocycles. The van der Waals surface area contributed by atoms with E-state index in [0.717, 1.165) is 13.1 Å². The van der Waals surface area contributed by atoms with Crippen molar-refractivity contribution < 1.29 is 14.6 Å². The molecule has 4 nitrogen and oxygen atoms in total. The minimum atomic E-state index is -0.944. The predicted molar refractivity (Wildman–Crippen MR) is 69.2 cm³/mol. The third-order valence-corrected chi connectivity index (χ3v) is 3.22. The Morgan fingerprint density at radius 1 is 1.44 bits per heavy atom. The molecule has 0 bridgehead atoms. The number of carboxylic acids is 1. The van der Waals surface area contributed by atoms with Gasteiger partial charge in [0.15, 0.2) is 0 Å². The largest absolute Gasteiger partial charge is 0.491 e. The average Bonchev–Trinajstić information content (AvgIpc) is 3.19. The molecule has 18 heavy (non-hydrogen) atoms. The molecular formula is C14H19NO3. The normalized spacial score (nSPS) is 14.8. The van der Waals surface area contributed by atoms with Crippen molar-refractivity contribution in [2.45, 2.75) is 25.8 Å². The fourth-order valence-electron chi connectivity index (χ4n) is 2.08. The zero-order chi connectivity index (χ0) is 13.0. The molecule has 0 amide bonds. The van der Waals surface area contributed by atoms with Crippen LogP contribution in [0.1, 0.15) is 30.1 Å². The van der Waals surface area contributed by atoms with E-state index in [2.05, 4.69) is 11.8 Å². The Hall–Kier alpha value is -1.55. The minimum absolute atomic E-state index is 0.229. The zero-order valence-corrected chi connectivity index (χ0v) is 10.6. The first-order chi connectivity index (χ1) is 8.72. The topological polar surface area (TPSA) is 49.8 Å². The summed E-state index contributed by atoms with van der Waals surface area (Å²) in [5, 5.41) is 9.03. The number of nitrogens with zero attached hydrogens (tertiary/aromatic N) is 1. The smallest absolute Gasteiger partial charge is 0.339 e. The highest BCUT2D eigenvalue weighted by atomic mass is 16.5. The van der Waals surface area contributed by atoms with Crippen molar-refractivity contribution in [3.63, 3.8) is 0 Å². The molecule has 4 heteroatoms. The summed E-state index contributed by atoms with van der Waals surface area (Å²) >= 11 is 0. The van der Waals surface area contributed by atoms with Crippen molar-refractivity contribution in [2.24, 2.45) is 0 Å². The SMILES string of the molecule is CCN(CCOc1ccccc1C(=O)O)C1CC1. The first-order valence-electron chi connectivity index (χ1n) is 6.41. The quantitative estimate of drug-likeness (QED) is 0.805. The summed E-state index contributed by atoms with van der Waals surface area (Å²) in [6.07, 6.45) is 2.55. The van der Waals surface area contributed by atoms with Crippen LogP contribution in [0.3, 0.4) is 0 Å². The summed E-state index contributed by atoms with van der Waals surface area (Å²) in [6.45, 7) is 4.56. The van der Waals surface area contributed by atoms with Crippen LogP contribution in [-0.4, -0.2) is 41.7 Å². The van der Waals surface area contributed by atoms with Gasteiger partial charge in [-0.25, -0.2) is 4.79 Å². The van der Waals surface area contributed by atoms with Gasteiger partial charge in [0.25, 0.3) is 0 Å². The van der Waals surface area contributed by atoms with E-state index < -0.39 is 5.97 Å². The second-order valence-corrected chi connectivity index (χ2v) is 4.51. The number of hydrogen-bond donors (Lipinski definition) is 1. The second-order valence-electron chi connectivity index (χ2n) is 4.51. The van der Waals surface area contributed by atoms with Crippen molar-refractivity contribution in [1.82, 2.24) is 4.90 Å². The maximum atomic E-state index is 11.0. The maximum Gasteiger partial charge on any atom is 0.339 e. The Balaban J connectivity index is 1.87. The molecule has 1 saturated carbocycles. The molecule has 0 spiro atoms. The van der Waals surface area contributed by atoms with Gasteiger partial charge >= 0.3 is 5.97 Å². The van der Waals surface area contributed by atoms with Crippen LogP contribution in [0.5, 0.6) is 5.75 Å². The number of carbonyl (C=O) groups is 1. The fourth-order valence-corrected chi connectivity index (χ4v) is 2.08. The van der Waals surface area contributed by atoms with E-state index >= 15 is 0 Å². The highest BCUT2D eigenvalue weighted by Crippen LogP contribution is 2.26. The summed E-state index contributed by atoms with van der Waals surface area (Å²) in [5.74, 6) is -0.489. The lowest BCUT2D eigenvalue weighted by atomic mass is 10.2. The van der Waals surface area contributed by atoms with E-state index in [1.54, 1.807) is 24.3 Å². The molecule has 0 unspecified atom stereocenters. The van der Waals surface area contributed by atoms with Gasteiger partial charge in [0.2, 0.25) is 0 Å². The third-order valence-electron chi connectivity index (χ3n) is 3.22. The van der Waals surface area contributed by atoms with E-state index in [4.69, 9.17) is 9.84 Å². The Kier molecular flexibility index (Phi) is 4.20. The lowest BCUT2D eigenvalue weighted by molar-refractivity contribution is 0.0691. The van der Waals surface area contributed by atoms with Crippen molar-refractivity contribution in [3.05, 3.63) is 29.8 Å². The number of ether oxygens (including phenoxy) is 1. The number of aromatic carboxylic acids is 1. The number of para-hydroxylation sites is 1. The lowest BCUT2D eigenvalue weighted by Crippen LogP contribution is -2.30. The van der Waals surface area contributed by atoms with E-state index in [1.807, 2.05) is 0 Å². The standard InChI is InChI=1S/C14H19NO3/c1-2-15(11-7-8-11)9-10-18-13-6-4-3-5-12(13)14(16)17/h3-6,11H,2,7-10H2,1H3,(H,16,17). The second kappa shape index (κ2) is 5.87. The Morgan fingerprint density at radius 3 is 2.78 bits per heavy atom. The molecule has 0 heterocycles. The van der Waals surface area contributed by atoms with Crippen LogP contribution >= 0.6 is 0 Å². The summed E-state index contributed by atoms with van der Waals surface area (Å²) < 4.78 is 5.59. The number of carboxylic acid groups (broad SMARTS) is 1. The maximum absolute atomic E-state index is 11.0. The molecule has 1 aromatic carbocycles. The molecule has 0 aliphatic heterocycles. The Labute approximate surface area is 107 Å². The van der Waals surface area contributed by atoms with Crippen molar-refractivity contribution in [2.75, 3.05) is 19.7 Å². The van der Waals surface area contributed by atoms with E-state index in [1.165, 1.54) is 12.8 Å². The molecule has 1 aromatic rings. The van der Waals surface area contributed by atoms with Crippen LogP contribution in [0.15, 0.2) is 24.3 Å². The third kappa shape index (κ3) is 3.23. The molecule has 0 radical (unpaired) electrons. The summed E-state index contributed by atoms with van der Waals surface area (Å²) in [7, 11) is 0. The van der Waals surface area contributed by atoms with E-state index in [-0.39, 0.29) is 5.56 Å². The molecule has 0 saturated heterocycles. The minimum Gasteiger partial charge on any atom is -0.491 e. The number of rotatable bonds is 7. The Morgan fingerprint density at radius 2 is 2.17 bits per heavy atom.